The van der Waals surface area contributed by atoms with Crippen LogP contribution in [0.2, 0.25) is 0 Å². The van der Waals surface area contributed by atoms with E-state index in [1.807, 2.05) is 0 Å². The Morgan fingerprint density at radius 1 is 0.929 bits per heavy atom. The number of hydrogen-bond acceptors (Lipinski definition) is 4. The zero-order valence-electron chi connectivity index (χ0n) is 7.39. The summed E-state index contributed by atoms with van der Waals surface area (Å²) in [5, 5.41) is 4.30. The molecule has 0 unspecified atom stereocenters. The predicted molar refractivity (Wildman–Crippen MR) is 53.9 cm³/mol. The van der Waals surface area contributed by atoms with Gasteiger partial charge in [0, 0.05) is 10.7 Å². The standard InChI is InChI=1S/C3H5ClO2S.C3H7NO2S/c2*4-7(5,6)3-1-2-3/h3H,1-2H2;3H,1-2H2,(H2,4,5,6). The van der Waals surface area contributed by atoms with Gasteiger partial charge in [-0.15, -0.1) is 0 Å². The number of rotatable bonds is 2. The quantitative estimate of drug-likeness (QED) is 0.716. The lowest BCUT2D eigenvalue weighted by Crippen LogP contribution is -2.16. The minimum atomic E-state index is -3.16. The van der Waals surface area contributed by atoms with Crippen molar-refractivity contribution in [3.05, 3.63) is 0 Å². The lowest BCUT2D eigenvalue weighted by atomic mass is 11.0. The van der Waals surface area contributed by atoms with E-state index in [0.717, 1.165) is 25.7 Å². The van der Waals surface area contributed by atoms with Crippen molar-refractivity contribution in [3.63, 3.8) is 0 Å². The van der Waals surface area contributed by atoms with Crippen molar-refractivity contribution in [2.45, 2.75) is 36.2 Å². The van der Waals surface area contributed by atoms with Gasteiger partial charge in [-0.25, -0.2) is 22.0 Å². The van der Waals surface area contributed by atoms with Gasteiger partial charge in [-0.2, -0.15) is 0 Å². The maximum Gasteiger partial charge on any atom is 0.235 e. The Bertz CT molecular complexity index is 354. The first-order chi connectivity index (χ1) is 6.21. The highest BCUT2D eigenvalue weighted by Crippen LogP contribution is 2.30. The smallest absolute Gasteiger partial charge is 0.228 e. The topological polar surface area (TPSA) is 94.3 Å². The summed E-state index contributed by atoms with van der Waals surface area (Å²) >= 11 is 0. The molecular weight excluding hydrogens is 250 g/mol. The van der Waals surface area contributed by atoms with E-state index in [4.69, 9.17) is 15.8 Å². The Labute approximate surface area is 88.1 Å². The van der Waals surface area contributed by atoms with E-state index in [0.29, 0.717) is 0 Å². The zero-order chi connectivity index (χ0) is 11.0. The summed E-state index contributed by atoms with van der Waals surface area (Å²) < 4.78 is 40.7. The van der Waals surface area contributed by atoms with Gasteiger partial charge < -0.3 is 0 Å². The molecule has 2 aliphatic carbocycles. The van der Waals surface area contributed by atoms with Gasteiger partial charge in [-0.3, -0.25) is 0 Å². The third-order valence-corrected chi connectivity index (χ3v) is 5.34. The third kappa shape index (κ3) is 4.59. The Hall–Kier alpha value is 0.150. The second-order valence-corrected chi connectivity index (χ2v) is 8.22. The summed E-state index contributed by atoms with van der Waals surface area (Å²) in [6.07, 6.45) is 3.04. The van der Waals surface area contributed by atoms with E-state index in [1.54, 1.807) is 0 Å². The van der Waals surface area contributed by atoms with Crippen LogP contribution in [0.1, 0.15) is 25.7 Å². The fraction of sp³-hybridized carbons (Fsp3) is 1.00. The summed E-state index contributed by atoms with van der Waals surface area (Å²) in [7, 11) is -1.38. The highest BCUT2D eigenvalue weighted by atomic mass is 35.7. The van der Waals surface area contributed by atoms with Crippen LogP contribution in [0.4, 0.5) is 0 Å². The Kier molecular flexibility index (Phi) is 3.45. The third-order valence-electron chi connectivity index (χ3n) is 1.91. The van der Waals surface area contributed by atoms with Crippen LogP contribution < -0.4 is 5.14 Å². The monoisotopic (exact) mass is 261 g/mol. The van der Waals surface area contributed by atoms with Crippen molar-refractivity contribution in [3.8, 4) is 0 Å². The number of halogens is 1. The van der Waals surface area contributed by atoms with Gasteiger partial charge in [0.05, 0.1) is 10.5 Å². The number of sulfonamides is 1. The van der Waals surface area contributed by atoms with Crippen LogP contribution >= 0.6 is 10.7 Å². The van der Waals surface area contributed by atoms with Crippen LogP contribution in [-0.2, 0) is 19.1 Å². The van der Waals surface area contributed by atoms with Gasteiger partial charge in [0.15, 0.2) is 0 Å². The maximum absolute atomic E-state index is 10.2. The summed E-state index contributed by atoms with van der Waals surface area (Å²) in [4.78, 5) is 0. The maximum atomic E-state index is 10.2. The summed E-state index contributed by atoms with van der Waals surface area (Å²) in [6.45, 7) is 0. The molecule has 2 N–H and O–H groups in total. The zero-order valence-corrected chi connectivity index (χ0v) is 9.78. The molecule has 2 aliphatic rings. The summed E-state index contributed by atoms with van der Waals surface area (Å²) in [5.74, 6) is 0. The normalized spacial score (nSPS) is 22.4. The first-order valence-corrected chi connectivity index (χ1v) is 8.14. The highest BCUT2D eigenvalue weighted by Gasteiger charge is 2.33. The minimum absolute atomic E-state index is 0.201. The minimum Gasteiger partial charge on any atom is -0.228 e. The van der Waals surface area contributed by atoms with Gasteiger partial charge in [-0.05, 0) is 25.7 Å². The van der Waals surface area contributed by atoms with Crippen molar-refractivity contribution in [2.75, 3.05) is 0 Å². The molecule has 0 atom stereocenters. The molecular formula is C6H12ClNO4S2. The van der Waals surface area contributed by atoms with E-state index >= 15 is 0 Å². The molecule has 0 aromatic rings. The van der Waals surface area contributed by atoms with Crippen molar-refractivity contribution in [2.24, 2.45) is 5.14 Å². The van der Waals surface area contributed by atoms with Crippen LogP contribution in [0.25, 0.3) is 0 Å². The van der Waals surface area contributed by atoms with Crippen LogP contribution in [0.5, 0.6) is 0 Å². The molecule has 2 fully saturated rings. The average Bonchev–Trinajstić information content (AvgIpc) is 2.81. The Balaban J connectivity index is 0.000000140. The molecule has 8 heteroatoms. The summed E-state index contributed by atoms with van der Waals surface area (Å²) in [5.41, 5.74) is 0. The van der Waals surface area contributed by atoms with E-state index in [-0.39, 0.29) is 10.5 Å². The second-order valence-electron chi connectivity index (χ2n) is 3.46. The van der Waals surface area contributed by atoms with E-state index in [2.05, 4.69) is 0 Å². The number of primary sulfonamides is 1. The molecule has 14 heavy (non-hydrogen) atoms. The van der Waals surface area contributed by atoms with E-state index in [1.165, 1.54) is 0 Å². The molecule has 0 aliphatic heterocycles. The average molecular weight is 262 g/mol. The molecule has 0 amide bonds. The van der Waals surface area contributed by atoms with Gasteiger partial charge >= 0.3 is 0 Å². The molecule has 0 bridgehead atoms. The molecule has 5 nitrogen and oxygen atoms in total. The van der Waals surface area contributed by atoms with Crippen LogP contribution in [0.3, 0.4) is 0 Å². The Morgan fingerprint density at radius 2 is 1.29 bits per heavy atom. The first-order valence-electron chi connectivity index (χ1n) is 4.16. The van der Waals surface area contributed by atoms with Gasteiger partial charge in [0.1, 0.15) is 0 Å². The fourth-order valence-corrected chi connectivity index (χ4v) is 2.77. The number of hydrogen-bond donors (Lipinski definition) is 1. The highest BCUT2D eigenvalue weighted by molar-refractivity contribution is 8.14. The molecule has 0 aromatic heterocycles. The van der Waals surface area contributed by atoms with Gasteiger partial charge in [-0.1, -0.05) is 0 Å². The lowest BCUT2D eigenvalue weighted by Gasteiger charge is -1.84. The predicted octanol–water partition coefficient (Wildman–Crippen LogP) is 0.155. The largest absolute Gasteiger partial charge is 0.235 e. The van der Waals surface area contributed by atoms with Gasteiger partial charge in [0.25, 0.3) is 0 Å². The van der Waals surface area contributed by atoms with E-state index < -0.39 is 19.1 Å². The number of nitrogens with two attached hydrogens (primary N) is 1. The molecule has 2 rings (SSSR count). The van der Waals surface area contributed by atoms with Crippen molar-refractivity contribution in [1.82, 2.24) is 0 Å². The van der Waals surface area contributed by atoms with Gasteiger partial charge in [0.2, 0.25) is 19.1 Å². The lowest BCUT2D eigenvalue weighted by molar-refractivity contribution is 0.596. The molecule has 0 radical (unpaired) electrons. The molecule has 0 saturated heterocycles. The van der Waals surface area contributed by atoms with Crippen LogP contribution in [-0.4, -0.2) is 27.3 Å². The Morgan fingerprint density at radius 3 is 1.29 bits per heavy atom. The molecule has 84 valence electrons. The fourth-order valence-electron chi connectivity index (χ4n) is 0.746. The summed E-state index contributed by atoms with van der Waals surface area (Å²) in [6, 6.07) is 0. The SMILES string of the molecule is NS(=O)(=O)C1CC1.O=S(=O)(Cl)C1CC1. The molecule has 0 aromatic carbocycles. The van der Waals surface area contributed by atoms with E-state index in [9.17, 15) is 16.8 Å². The van der Waals surface area contributed by atoms with Crippen LogP contribution in [0, 0.1) is 0 Å². The molecule has 2 saturated carbocycles. The molecule has 0 spiro atoms. The second kappa shape index (κ2) is 3.96. The molecule has 0 heterocycles. The van der Waals surface area contributed by atoms with Crippen molar-refractivity contribution < 1.29 is 16.8 Å². The first kappa shape index (κ1) is 12.2. The van der Waals surface area contributed by atoms with Crippen molar-refractivity contribution in [1.29, 1.82) is 0 Å². The van der Waals surface area contributed by atoms with Crippen molar-refractivity contribution >= 4 is 29.8 Å². The van der Waals surface area contributed by atoms with Crippen LogP contribution in [0.15, 0.2) is 0 Å².